The van der Waals surface area contributed by atoms with Gasteiger partial charge in [0.05, 0.1) is 16.7 Å². The van der Waals surface area contributed by atoms with Gasteiger partial charge in [-0.25, -0.2) is 0 Å². The molecule has 2 aromatic carbocycles. The molecule has 0 bridgehead atoms. The third kappa shape index (κ3) is 4.72. The maximum atomic E-state index is 9.57. The molecule has 0 aromatic heterocycles. The van der Waals surface area contributed by atoms with Crippen molar-refractivity contribution in [3.8, 4) is 0 Å². The Morgan fingerprint density at radius 2 is 1.76 bits per heavy atom. The van der Waals surface area contributed by atoms with Crippen molar-refractivity contribution in [1.82, 2.24) is 5.32 Å². The summed E-state index contributed by atoms with van der Waals surface area (Å²) >= 11 is 12.0. The van der Waals surface area contributed by atoms with Gasteiger partial charge in [0.15, 0.2) is 0 Å². The third-order valence-electron chi connectivity index (χ3n) is 3.47. The van der Waals surface area contributed by atoms with Gasteiger partial charge in [-0.15, -0.1) is 0 Å². The van der Waals surface area contributed by atoms with Crippen molar-refractivity contribution in [2.75, 3.05) is 6.61 Å². The van der Waals surface area contributed by atoms with E-state index in [1.807, 2.05) is 37.3 Å². The summed E-state index contributed by atoms with van der Waals surface area (Å²) in [5.74, 6) is 0. The summed E-state index contributed by atoms with van der Waals surface area (Å²) in [5.41, 5.74) is 2.25. The molecule has 0 radical (unpaired) electrons. The molecule has 0 saturated heterocycles. The van der Waals surface area contributed by atoms with E-state index in [9.17, 15) is 5.11 Å². The van der Waals surface area contributed by atoms with Gasteiger partial charge < -0.3 is 10.4 Å². The first-order chi connectivity index (χ1) is 10.1. The monoisotopic (exact) mass is 323 g/mol. The summed E-state index contributed by atoms with van der Waals surface area (Å²) in [6.07, 6.45) is 0.781. The maximum Gasteiger partial charge on any atom is 0.0595 e. The first kappa shape index (κ1) is 16.3. The fourth-order valence-corrected chi connectivity index (χ4v) is 2.61. The predicted molar refractivity (Wildman–Crippen MR) is 89.0 cm³/mol. The van der Waals surface area contributed by atoms with Crippen LogP contribution >= 0.6 is 23.2 Å². The van der Waals surface area contributed by atoms with Crippen LogP contribution in [0.1, 0.15) is 24.1 Å². The molecule has 2 nitrogen and oxygen atoms in total. The first-order valence-corrected chi connectivity index (χ1v) is 7.71. The lowest BCUT2D eigenvalue weighted by Gasteiger charge is -2.22. The average molecular weight is 324 g/mol. The van der Waals surface area contributed by atoms with Gasteiger partial charge in [-0.2, -0.15) is 0 Å². The van der Waals surface area contributed by atoms with Crippen molar-refractivity contribution >= 4 is 23.2 Å². The van der Waals surface area contributed by atoms with Crippen LogP contribution in [0.15, 0.2) is 48.5 Å². The molecular formula is C17H19Cl2NO. The molecule has 0 aliphatic heterocycles. The Hall–Kier alpha value is -1.06. The Labute approximate surface area is 135 Å². The summed E-state index contributed by atoms with van der Waals surface area (Å²) in [5, 5.41) is 14.1. The molecule has 2 atom stereocenters. The van der Waals surface area contributed by atoms with Crippen LogP contribution in [0, 0.1) is 0 Å². The molecule has 2 N–H and O–H groups in total. The number of halogens is 2. The number of rotatable bonds is 6. The normalized spacial score (nSPS) is 13.9. The van der Waals surface area contributed by atoms with Gasteiger partial charge in [0.1, 0.15) is 0 Å². The van der Waals surface area contributed by atoms with Gasteiger partial charge in [-0.1, -0.05) is 59.6 Å². The molecule has 0 fully saturated rings. The largest absolute Gasteiger partial charge is 0.395 e. The molecule has 2 unspecified atom stereocenters. The molecule has 0 amide bonds. The summed E-state index contributed by atoms with van der Waals surface area (Å²) < 4.78 is 0. The van der Waals surface area contributed by atoms with E-state index >= 15 is 0 Å². The molecule has 0 heterocycles. The van der Waals surface area contributed by atoms with Crippen molar-refractivity contribution in [3.05, 3.63) is 69.7 Å². The van der Waals surface area contributed by atoms with Crippen LogP contribution in [-0.4, -0.2) is 17.8 Å². The Bertz CT molecular complexity index is 574. The van der Waals surface area contributed by atoms with E-state index in [0.29, 0.717) is 10.0 Å². The fraction of sp³-hybridized carbons (Fsp3) is 0.294. The molecule has 0 aliphatic rings. The van der Waals surface area contributed by atoms with Crippen molar-refractivity contribution < 1.29 is 5.11 Å². The predicted octanol–water partition coefficient (Wildman–Crippen LogP) is 4.25. The van der Waals surface area contributed by atoms with Crippen LogP contribution in [0.2, 0.25) is 10.0 Å². The maximum absolute atomic E-state index is 9.57. The summed E-state index contributed by atoms with van der Waals surface area (Å²) in [7, 11) is 0. The lowest BCUT2D eigenvalue weighted by Crippen LogP contribution is -2.36. The zero-order chi connectivity index (χ0) is 15.2. The van der Waals surface area contributed by atoms with E-state index < -0.39 is 0 Å². The van der Waals surface area contributed by atoms with E-state index in [4.69, 9.17) is 23.2 Å². The Balaban J connectivity index is 2.02. The van der Waals surface area contributed by atoms with Crippen LogP contribution < -0.4 is 5.32 Å². The van der Waals surface area contributed by atoms with Crippen molar-refractivity contribution in [3.63, 3.8) is 0 Å². The standard InChI is InChI=1S/C17H19Cl2NO/c1-12(14-7-8-16(18)17(19)10-14)20-15(11-21)9-13-5-3-2-4-6-13/h2-8,10,12,15,20-21H,9,11H2,1H3. The van der Waals surface area contributed by atoms with Crippen molar-refractivity contribution in [2.45, 2.75) is 25.4 Å². The van der Waals surface area contributed by atoms with Crippen LogP contribution in [0.3, 0.4) is 0 Å². The number of aliphatic hydroxyl groups is 1. The van der Waals surface area contributed by atoms with Gasteiger partial charge in [0, 0.05) is 12.1 Å². The number of hydrogen-bond acceptors (Lipinski definition) is 2. The highest BCUT2D eigenvalue weighted by atomic mass is 35.5. The van der Waals surface area contributed by atoms with Crippen LogP contribution in [0.5, 0.6) is 0 Å². The minimum Gasteiger partial charge on any atom is -0.395 e. The Kier molecular flexibility index (Phi) is 6.07. The molecular weight excluding hydrogens is 305 g/mol. The molecule has 112 valence electrons. The fourth-order valence-electron chi connectivity index (χ4n) is 2.31. The van der Waals surface area contributed by atoms with E-state index in [2.05, 4.69) is 17.4 Å². The second-order valence-electron chi connectivity index (χ2n) is 5.13. The number of aliphatic hydroxyl groups excluding tert-OH is 1. The van der Waals surface area contributed by atoms with Gasteiger partial charge in [0.2, 0.25) is 0 Å². The number of hydrogen-bond donors (Lipinski definition) is 2. The highest BCUT2D eigenvalue weighted by Gasteiger charge is 2.14. The molecule has 0 saturated carbocycles. The Morgan fingerprint density at radius 1 is 1.05 bits per heavy atom. The zero-order valence-corrected chi connectivity index (χ0v) is 13.4. The molecule has 0 aliphatic carbocycles. The second kappa shape index (κ2) is 7.81. The third-order valence-corrected chi connectivity index (χ3v) is 4.21. The van der Waals surface area contributed by atoms with Crippen LogP contribution in [0.4, 0.5) is 0 Å². The van der Waals surface area contributed by atoms with E-state index in [1.165, 1.54) is 5.56 Å². The van der Waals surface area contributed by atoms with Gasteiger partial charge in [0.25, 0.3) is 0 Å². The molecule has 0 spiro atoms. The van der Waals surface area contributed by atoms with Gasteiger partial charge >= 0.3 is 0 Å². The summed E-state index contributed by atoms with van der Waals surface area (Å²) in [6, 6.07) is 15.8. The molecule has 4 heteroatoms. The quantitative estimate of drug-likeness (QED) is 0.833. The SMILES string of the molecule is CC(NC(CO)Cc1ccccc1)c1ccc(Cl)c(Cl)c1. The highest BCUT2D eigenvalue weighted by molar-refractivity contribution is 6.42. The lowest BCUT2D eigenvalue weighted by molar-refractivity contribution is 0.232. The van der Waals surface area contributed by atoms with Crippen LogP contribution in [-0.2, 0) is 6.42 Å². The second-order valence-corrected chi connectivity index (χ2v) is 5.95. The number of benzene rings is 2. The highest BCUT2D eigenvalue weighted by Crippen LogP contribution is 2.25. The Morgan fingerprint density at radius 3 is 2.38 bits per heavy atom. The van der Waals surface area contributed by atoms with Crippen molar-refractivity contribution in [1.29, 1.82) is 0 Å². The van der Waals surface area contributed by atoms with Crippen molar-refractivity contribution in [2.24, 2.45) is 0 Å². The van der Waals surface area contributed by atoms with E-state index in [1.54, 1.807) is 6.07 Å². The summed E-state index contributed by atoms with van der Waals surface area (Å²) in [4.78, 5) is 0. The van der Waals surface area contributed by atoms with Crippen LogP contribution in [0.25, 0.3) is 0 Å². The zero-order valence-electron chi connectivity index (χ0n) is 11.9. The van der Waals surface area contributed by atoms with Gasteiger partial charge in [-0.3, -0.25) is 0 Å². The summed E-state index contributed by atoms with van der Waals surface area (Å²) in [6.45, 7) is 2.13. The minimum atomic E-state index is -0.00291. The lowest BCUT2D eigenvalue weighted by atomic mass is 10.0. The van der Waals surface area contributed by atoms with Gasteiger partial charge in [-0.05, 0) is 36.6 Å². The minimum absolute atomic E-state index is 0.00291. The van der Waals surface area contributed by atoms with E-state index in [-0.39, 0.29) is 18.7 Å². The van der Waals surface area contributed by atoms with E-state index in [0.717, 1.165) is 12.0 Å². The number of nitrogens with one attached hydrogen (secondary N) is 1. The molecule has 2 aromatic rings. The molecule has 2 rings (SSSR count). The molecule has 21 heavy (non-hydrogen) atoms. The first-order valence-electron chi connectivity index (χ1n) is 6.96. The average Bonchev–Trinajstić information content (AvgIpc) is 2.50. The topological polar surface area (TPSA) is 32.3 Å². The smallest absolute Gasteiger partial charge is 0.0595 e.